The summed E-state index contributed by atoms with van der Waals surface area (Å²) in [6.07, 6.45) is 0. The first-order chi connectivity index (χ1) is 9.97. The number of carbonyl (C=O) groups excluding carboxylic acids is 1. The van der Waals surface area contributed by atoms with E-state index >= 15 is 0 Å². The lowest BCUT2D eigenvalue weighted by molar-refractivity contribution is -0.384. The minimum atomic E-state index is -0.698. The third kappa shape index (κ3) is 3.53. The molecule has 21 heavy (non-hydrogen) atoms. The van der Waals surface area contributed by atoms with E-state index in [9.17, 15) is 19.3 Å². The molecule has 0 saturated carbocycles. The van der Waals surface area contributed by atoms with Crippen LogP contribution in [0.3, 0.4) is 0 Å². The van der Waals surface area contributed by atoms with Crippen LogP contribution < -0.4 is 11.1 Å². The number of non-ortho nitro benzene ring substituents is 1. The van der Waals surface area contributed by atoms with E-state index in [0.717, 1.165) is 6.07 Å². The van der Waals surface area contributed by atoms with E-state index in [0.29, 0.717) is 5.56 Å². The van der Waals surface area contributed by atoms with Crippen molar-refractivity contribution in [2.24, 2.45) is 0 Å². The van der Waals surface area contributed by atoms with Gasteiger partial charge in [0.05, 0.1) is 10.5 Å². The zero-order valence-electron chi connectivity index (χ0n) is 10.9. The molecule has 0 fully saturated rings. The topological polar surface area (TPSA) is 98.3 Å². The molecule has 0 aliphatic heterocycles. The Morgan fingerprint density at radius 2 is 1.90 bits per heavy atom. The molecule has 2 aromatic rings. The minimum absolute atomic E-state index is 0.0327. The number of nitrogens with one attached hydrogen (secondary N) is 1. The van der Waals surface area contributed by atoms with Gasteiger partial charge in [0.2, 0.25) is 0 Å². The van der Waals surface area contributed by atoms with Crippen LogP contribution in [0.15, 0.2) is 42.5 Å². The quantitative estimate of drug-likeness (QED) is 0.512. The predicted molar refractivity (Wildman–Crippen MR) is 75.1 cm³/mol. The summed E-state index contributed by atoms with van der Waals surface area (Å²) < 4.78 is 13.6. The van der Waals surface area contributed by atoms with Crippen LogP contribution in [0.2, 0.25) is 0 Å². The van der Waals surface area contributed by atoms with Gasteiger partial charge in [-0.15, -0.1) is 0 Å². The molecule has 0 unspecified atom stereocenters. The molecule has 108 valence electrons. The number of rotatable bonds is 4. The van der Waals surface area contributed by atoms with Crippen molar-refractivity contribution in [2.45, 2.75) is 6.54 Å². The van der Waals surface area contributed by atoms with Crippen LogP contribution in [0.5, 0.6) is 0 Å². The average Bonchev–Trinajstić information content (AvgIpc) is 2.45. The maximum Gasteiger partial charge on any atom is 0.269 e. The maximum absolute atomic E-state index is 13.6. The normalized spacial score (nSPS) is 10.1. The summed E-state index contributed by atoms with van der Waals surface area (Å²) in [5.74, 6) is -1.28. The summed E-state index contributed by atoms with van der Waals surface area (Å²) in [6, 6.07) is 9.53. The van der Waals surface area contributed by atoms with E-state index in [1.165, 1.54) is 36.4 Å². The number of nitro benzene ring substituents is 1. The molecule has 2 aromatic carbocycles. The van der Waals surface area contributed by atoms with E-state index in [1.807, 2.05) is 0 Å². The number of hydrogen-bond donors (Lipinski definition) is 2. The van der Waals surface area contributed by atoms with Crippen molar-refractivity contribution in [1.29, 1.82) is 0 Å². The van der Waals surface area contributed by atoms with Crippen molar-refractivity contribution < 1.29 is 14.1 Å². The van der Waals surface area contributed by atoms with E-state index in [-0.39, 0.29) is 23.5 Å². The maximum atomic E-state index is 13.6. The third-order valence-corrected chi connectivity index (χ3v) is 2.84. The van der Waals surface area contributed by atoms with Crippen LogP contribution in [0.25, 0.3) is 0 Å². The zero-order valence-corrected chi connectivity index (χ0v) is 10.9. The van der Waals surface area contributed by atoms with Crippen LogP contribution in [-0.4, -0.2) is 10.8 Å². The van der Waals surface area contributed by atoms with Crippen LogP contribution >= 0.6 is 0 Å². The Hall–Kier alpha value is -2.96. The Morgan fingerprint density at radius 3 is 2.48 bits per heavy atom. The molecule has 0 radical (unpaired) electrons. The molecule has 0 atom stereocenters. The number of nitro groups is 1. The fourth-order valence-electron chi connectivity index (χ4n) is 1.73. The molecule has 0 spiro atoms. The molecular weight excluding hydrogens is 277 g/mol. The van der Waals surface area contributed by atoms with Crippen LogP contribution in [-0.2, 0) is 6.54 Å². The number of anilines is 1. The van der Waals surface area contributed by atoms with Crippen molar-refractivity contribution in [3.8, 4) is 0 Å². The Bertz CT molecular complexity index is 686. The zero-order chi connectivity index (χ0) is 15.4. The van der Waals surface area contributed by atoms with Gasteiger partial charge in [0.25, 0.3) is 11.6 Å². The second-order valence-corrected chi connectivity index (χ2v) is 4.35. The Morgan fingerprint density at radius 1 is 1.24 bits per heavy atom. The van der Waals surface area contributed by atoms with Gasteiger partial charge >= 0.3 is 0 Å². The lowest BCUT2D eigenvalue weighted by Crippen LogP contribution is -2.23. The molecule has 0 saturated heterocycles. The molecule has 0 heterocycles. The standard InChI is InChI=1S/C14H12FN3O3/c15-13-7-10(16)3-6-12(13)14(19)17-8-9-1-4-11(5-2-9)18(20)21/h1-7H,8,16H2,(H,17,19). The predicted octanol–water partition coefficient (Wildman–Crippen LogP) is 2.25. The number of carbonyl (C=O) groups is 1. The van der Waals surface area contributed by atoms with Crippen molar-refractivity contribution in [2.75, 3.05) is 5.73 Å². The van der Waals surface area contributed by atoms with Gasteiger partial charge in [0.1, 0.15) is 5.82 Å². The van der Waals surface area contributed by atoms with E-state index < -0.39 is 16.6 Å². The van der Waals surface area contributed by atoms with Crippen molar-refractivity contribution in [3.05, 3.63) is 69.5 Å². The monoisotopic (exact) mass is 289 g/mol. The molecule has 2 rings (SSSR count). The summed E-state index contributed by atoms with van der Waals surface area (Å²) in [5.41, 5.74) is 6.17. The SMILES string of the molecule is Nc1ccc(C(=O)NCc2ccc([N+](=O)[O-])cc2)c(F)c1. The summed E-state index contributed by atoms with van der Waals surface area (Å²) in [6.45, 7) is 0.140. The molecule has 0 aliphatic rings. The highest BCUT2D eigenvalue weighted by atomic mass is 19.1. The highest BCUT2D eigenvalue weighted by Gasteiger charge is 2.11. The van der Waals surface area contributed by atoms with Crippen molar-refractivity contribution >= 4 is 17.3 Å². The molecule has 7 heteroatoms. The summed E-state index contributed by atoms with van der Waals surface area (Å²) in [4.78, 5) is 21.8. The Balaban J connectivity index is 2.02. The number of hydrogen-bond acceptors (Lipinski definition) is 4. The fourth-order valence-corrected chi connectivity index (χ4v) is 1.73. The number of amides is 1. The largest absolute Gasteiger partial charge is 0.399 e. The highest BCUT2D eigenvalue weighted by molar-refractivity contribution is 5.94. The van der Waals surface area contributed by atoms with Crippen LogP contribution in [0.1, 0.15) is 15.9 Å². The highest BCUT2D eigenvalue weighted by Crippen LogP contribution is 2.13. The lowest BCUT2D eigenvalue weighted by Gasteiger charge is -2.06. The minimum Gasteiger partial charge on any atom is -0.399 e. The number of nitrogen functional groups attached to an aromatic ring is 1. The Kier molecular flexibility index (Phi) is 4.13. The Labute approximate surface area is 119 Å². The van der Waals surface area contributed by atoms with Gasteiger partial charge in [-0.2, -0.15) is 0 Å². The van der Waals surface area contributed by atoms with Gasteiger partial charge in [-0.1, -0.05) is 12.1 Å². The summed E-state index contributed by atoms with van der Waals surface area (Å²) >= 11 is 0. The lowest BCUT2D eigenvalue weighted by atomic mass is 10.1. The second-order valence-electron chi connectivity index (χ2n) is 4.35. The van der Waals surface area contributed by atoms with Crippen LogP contribution in [0.4, 0.5) is 15.8 Å². The summed E-state index contributed by atoms with van der Waals surface area (Å²) in [5, 5.41) is 13.0. The van der Waals surface area contributed by atoms with Crippen molar-refractivity contribution in [3.63, 3.8) is 0 Å². The molecule has 6 nitrogen and oxygen atoms in total. The molecule has 1 amide bonds. The summed E-state index contributed by atoms with van der Waals surface area (Å²) in [7, 11) is 0. The van der Waals surface area contributed by atoms with Gasteiger partial charge in [0, 0.05) is 24.4 Å². The first-order valence-corrected chi connectivity index (χ1v) is 6.04. The number of nitrogens with zero attached hydrogens (tertiary/aromatic N) is 1. The van der Waals surface area contributed by atoms with Gasteiger partial charge in [-0.05, 0) is 23.8 Å². The number of benzene rings is 2. The van der Waals surface area contributed by atoms with Gasteiger partial charge < -0.3 is 11.1 Å². The number of nitrogens with two attached hydrogens (primary N) is 1. The van der Waals surface area contributed by atoms with Gasteiger partial charge in [-0.25, -0.2) is 4.39 Å². The smallest absolute Gasteiger partial charge is 0.269 e. The van der Waals surface area contributed by atoms with Gasteiger partial charge in [-0.3, -0.25) is 14.9 Å². The van der Waals surface area contributed by atoms with E-state index in [2.05, 4.69) is 5.32 Å². The molecule has 0 aliphatic carbocycles. The van der Waals surface area contributed by atoms with E-state index in [4.69, 9.17) is 5.73 Å². The fraction of sp³-hybridized carbons (Fsp3) is 0.0714. The molecule has 3 N–H and O–H groups in total. The average molecular weight is 289 g/mol. The van der Waals surface area contributed by atoms with E-state index in [1.54, 1.807) is 0 Å². The van der Waals surface area contributed by atoms with Crippen LogP contribution in [0, 0.1) is 15.9 Å². The van der Waals surface area contributed by atoms with Gasteiger partial charge in [0.15, 0.2) is 0 Å². The molecule has 0 aromatic heterocycles. The molecular formula is C14H12FN3O3. The van der Waals surface area contributed by atoms with Crippen molar-refractivity contribution in [1.82, 2.24) is 5.32 Å². The molecule has 0 bridgehead atoms. The third-order valence-electron chi connectivity index (χ3n) is 2.84. The first-order valence-electron chi connectivity index (χ1n) is 6.04. The first kappa shape index (κ1) is 14.4. The second kappa shape index (κ2) is 6.00. The number of halogens is 1.